The van der Waals surface area contributed by atoms with Crippen molar-refractivity contribution in [2.45, 2.75) is 45.7 Å². The first-order valence-electron chi connectivity index (χ1n) is 11.5. The molecule has 4 rings (SSSR count). The van der Waals surface area contributed by atoms with E-state index in [2.05, 4.69) is 4.98 Å². The van der Waals surface area contributed by atoms with E-state index in [1.807, 2.05) is 60.9 Å². The molecule has 1 amide bonds. The quantitative estimate of drug-likeness (QED) is 0.529. The van der Waals surface area contributed by atoms with Gasteiger partial charge < -0.3 is 14.2 Å². The summed E-state index contributed by atoms with van der Waals surface area (Å²) in [5, 5.41) is 0. The largest absolute Gasteiger partial charge is 0.467 e. The third kappa shape index (κ3) is 4.64. The Balaban J connectivity index is 1.87. The Morgan fingerprint density at radius 3 is 2.59 bits per heavy atom. The lowest BCUT2D eigenvalue weighted by molar-refractivity contribution is -0.145. The Morgan fingerprint density at radius 2 is 1.88 bits per heavy atom. The maximum atomic E-state index is 13.8. The van der Waals surface area contributed by atoms with Gasteiger partial charge >= 0.3 is 5.97 Å². The highest BCUT2D eigenvalue weighted by atomic mass is 16.5. The molecule has 0 saturated carbocycles. The van der Waals surface area contributed by atoms with Crippen molar-refractivity contribution in [1.29, 1.82) is 0 Å². The standard InChI is InChI=1S/C27H29N3O4/c1-18-9-4-5-10-20(18)16-23-25(26(32)29-14-8-12-22(29)27(33)34-3)24(31)15-19(2)30(23)17-21-11-6-7-13-28-21/h4-7,9-11,13,15,22H,8,12,14,16-17H2,1-3H3/t22-/m0/s1. The number of ether oxygens (including phenoxy) is 1. The molecule has 1 aliphatic rings. The second kappa shape index (κ2) is 10.0. The van der Waals surface area contributed by atoms with Crippen LogP contribution in [-0.2, 0) is 22.5 Å². The van der Waals surface area contributed by atoms with E-state index in [0.29, 0.717) is 38.0 Å². The molecule has 176 valence electrons. The summed E-state index contributed by atoms with van der Waals surface area (Å²) < 4.78 is 6.91. The molecule has 7 nitrogen and oxygen atoms in total. The number of carbonyl (C=O) groups is 2. The van der Waals surface area contributed by atoms with Crippen molar-refractivity contribution in [1.82, 2.24) is 14.5 Å². The highest BCUT2D eigenvalue weighted by Gasteiger charge is 2.37. The third-order valence-corrected chi connectivity index (χ3v) is 6.49. The highest BCUT2D eigenvalue weighted by molar-refractivity contribution is 5.98. The zero-order chi connectivity index (χ0) is 24.2. The van der Waals surface area contributed by atoms with Crippen molar-refractivity contribution >= 4 is 11.9 Å². The van der Waals surface area contributed by atoms with E-state index in [1.165, 1.54) is 18.1 Å². The molecule has 1 saturated heterocycles. The van der Waals surface area contributed by atoms with Crippen molar-refractivity contribution in [3.63, 3.8) is 0 Å². The summed E-state index contributed by atoms with van der Waals surface area (Å²) >= 11 is 0. The van der Waals surface area contributed by atoms with Crippen molar-refractivity contribution in [3.8, 4) is 0 Å². The maximum absolute atomic E-state index is 13.8. The van der Waals surface area contributed by atoms with E-state index in [4.69, 9.17) is 4.74 Å². The van der Waals surface area contributed by atoms with Crippen molar-refractivity contribution in [3.05, 3.63) is 98.7 Å². The van der Waals surface area contributed by atoms with E-state index in [9.17, 15) is 14.4 Å². The average molecular weight is 460 g/mol. The van der Waals surface area contributed by atoms with E-state index in [0.717, 1.165) is 22.5 Å². The van der Waals surface area contributed by atoms with Crippen LogP contribution >= 0.6 is 0 Å². The predicted octanol–water partition coefficient (Wildman–Crippen LogP) is 3.28. The summed E-state index contributed by atoms with van der Waals surface area (Å²) in [6.45, 7) is 4.72. The van der Waals surface area contributed by atoms with Gasteiger partial charge in [0, 0.05) is 36.6 Å². The fraction of sp³-hybridized carbons (Fsp3) is 0.333. The smallest absolute Gasteiger partial charge is 0.328 e. The number of pyridine rings is 2. The summed E-state index contributed by atoms with van der Waals surface area (Å²) in [7, 11) is 1.32. The number of hydrogen-bond acceptors (Lipinski definition) is 5. The first-order chi connectivity index (χ1) is 16.4. The molecule has 34 heavy (non-hydrogen) atoms. The minimum Gasteiger partial charge on any atom is -0.467 e. The normalized spacial score (nSPS) is 15.4. The zero-order valence-electron chi connectivity index (χ0n) is 19.8. The van der Waals surface area contributed by atoms with Crippen LogP contribution in [0.5, 0.6) is 0 Å². The second-order valence-electron chi connectivity index (χ2n) is 8.66. The van der Waals surface area contributed by atoms with Gasteiger partial charge in [-0.2, -0.15) is 0 Å². The number of carbonyl (C=O) groups excluding carboxylic acids is 2. The van der Waals surface area contributed by atoms with Gasteiger partial charge in [0.05, 0.1) is 19.3 Å². The summed E-state index contributed by atoms with van der Waals surface area (Å²) in [6.07, 6.45) is 3.35. The molecule has 0 bridgehead atoms. The molecule has 1 atom stereocenters. The van der Waals surface area contributed by atoms with Gasteiger partial charge in [-0.1, -0.05) is 30.3 Å². The second-order valence-corrected chi connectivity index (χ2v) is 8.66. The van der Waals surface area contributed by atoms with Gasteiger partial charge in [-0.3, -0.25) is 14.6 Å². The van der Waals surface area contributed by atoms with Crippen LogP contribution in [0, 0.1) is 13.8 Å². The lowest BCUT2D eigenvalue weighted by atomic mass is 9.98. The number of aromatic nitrogens is 2. The van der Waals surface area contributed by atoms with Crippen LogP contribution in [0.1, 0.15) is 51.4 Å². The van der Waals surface area contributed by atoms with Crippen LogP contribution in [0.15, 0.2) is 59.5 Å². The molecular weight excluding hydrogens is 430 g/mol. The molecule has 2 aromatic heterocycles. The molecule has 0 radical (unpaired) electrons. The molecule has 1 aliphatic heterocycles. The fourth-order valence-electron chi connectivity index (χ4n) is 4.64. The first kappa shape index (κ1) is 23.4. The number of hydrogen-bond donors (Lipinski definition) is 0. The van der Waals surface area contributed by atoms with Gasteiger partial charge in [-0.25, -0.2) is 4.79 Å². The maximum Gasteiger partial charge on any atom is 0.328 e. The van der Waals surface area contributed by atoms with Crippen molar-refractivity contribution in [2.75, 3.05) is 13.7 Å². The number of likely N-dealkylation sites (tertiary alicyclic amines) is 1. The molecule has 3 aromatic rings. The zero-order valence-corrected chi connectivity index (χ0v) is 19.8. The molecular formula is C27H29N3O4. The summed E-state index contributed by atoms with van der Waals surface area (Å²) in [5.74, 6) is -0.872. The molecule has 1 fully saturated rings. The SMILES string of the molecule is COC(=O)[C@@H]1CCCN1C(=O)c1c(Cc2ccccc2C)n(Cc2ccccn2)c(C)cc1=O. The minimum absolute atomic E-state index is 0.112. The molecule has 3 heterocycles. The molecule has 0 aliphatic carbocycles. The van der Waals surface area contributed by atoms with Gasteiger partial charge in [0.1, 0.15) is 11.6 Å². The Bertz CT molecular complexity index is 1270. The van der Waals surface area contributed by atoms with Crippen LogP contribution < -0.4 is 5.43 Å². The Morgan fingerprint density at radius 1 is 1.12 bits per heavy atom. The van der Waals surface area contributed by atoms with Gasteiger partial charge in [-0.15, -0.1) is 0 Å². The third-order valence-electron chi connectivity index (χ3n) is 6.49. The molecule has 1 aromatic carbocycles. The van der Waals surface area contributed by atoms with Crippen LogP contribution in [0.2, 0.25) is 0 Å². The average Bonchev–Trinajstić information content (AvgIpc) is 3.33. The molecule has 0 unspecified atom stereocenters. The molecule has 0 spiro atoms. The number of aryl methyl sites for hydroxylation is 2. The molecule has 0 N–H and O–H groups in total. The Hall–Kier alpha value is -3.74. The van der Waals surface area contributed by atoms with Gasteiger partial charge in [0.15, 0.2) is 5.43 Å². The van der Waals surface area contributed by atoms with Crippen molar-refractivity contribution < 1.29 is 14.3 Å². The number of esters is 1. The number of nitrogens with zero attached hydrogens (tertiary/aromatic N) is 3. The topological polar surface area (TPSA) is 81.5 Å². The number of benzene rings is 1. The highest BCUT2D eigenvalue weighted by Crippen LogP contribution is 2.24. The van der Waals surface area contributed by atoms with E-state index < -0.39 is 17.9 Å². The van der Waals surface area contributed by atoms with Crippen LogP contribution in [-0.4, -0.2) is 46.0 Å². The minimum atomic E-state index is -0.672. The van der Waals surface area contributed by atoms with Gasteiger partial charge in [-0.05, 0) is 49.9 Å². The predicted molar refractivity (Wildman–Crippen MR) is 129 cm³/mol. The summed E-state index contributed by atoms with van der Waals surface area (Å²) in [4.78, 5) is 45.3. The van der Waals surface area contributed by atoms with Crippen LogP contribution in [0.3, 0.4) is 0 Å². The van der Waals surface area contributed by atoms with Crippen LogP contribution in [0.25, 0.3) is 0 Å². The monoisotopic (exact) mass is 459 g/mol. The van der Waals surface area contributed by atoms with Gasteiger partial charge in [0.25, 0.3) is 5.91 Å². The number of rotatable bonds is 6. The summed E-state index contributed by atoms with van der Waals surface area (Å²) in [5.41, 5.74) is 4.09. The number of methoxy groups -OCH3 is 1. The van der Waals surface area contributed by atoms with E-state index >= 15 is 0 Å². The van der Waals surface area contributed by atoms with E-state index in [-0.39, 0.29) is 11.0 Å². The van der Waals surface area contributed by atoms with Crippen molar-refractivity contribution in [2.24, 2.45) is 0 Å². The Labute approximate surface area is 199 Å². The van der Waals surface area contributed by atoms with Gasteiger partial charge in [0.2, 0.25) is 0 Å². The molecule has 7 heteroatoms. The van der Waals surface area contributed by atoms with E-state index in [1.54, 1.807) is 6.20 Å². The lowest BCUT2D eigenvalue weighted by Gasteiger charge is -2.26. The number of amides is 1. The Kier molecular flexibility index (Phi) is 6.91. The fourth-order valence-corrected chi connectivity index (χ4v) is 4.64. The first-order valence-corrected chi connectivity index (χ1v) is 11.5. The van der Waals surface area contributed by atoms with Crippen LogP contribution in [0.4, 0.5) is 0 Å². The lowest BCUT2D eigenvalue weighted by Crippen LogP contribution is -2.43. The summed E-state index contributed by atoms with van der Waals surface area (Å²) in [6, 6.07) is 14.5.